The van der Waals surface area contributed by atoms with Gasteiger partial charge in [0.25, 0.3) is 0 Å². The van der Waals surface area contributed by atoms with E-state index in [0.717, 1.165) is 20.8 Å². The summed E-state index contributed by atoms with van der Waals surface area (Å²) in [5.74, 6) is 0. The molecule has 0 fully saturated rings. The Balaban J connectivity index is 1.94. The Kier molecular flexibility index (Phi) is 7.97. The molecule has 0 radical (unpaired) electrons. The molecular weight excluding hydrogens is 553 g/mol. The Bertz CT molecular complexity index is 1310. The van der Waals surface area contributed by atoms with Crippen LogP contribution < -0.4 is 9.89 Å². The van der Waals surface area contributed by atoms with Gasteiger partial charge in [0, 0.05) is 0 Å². The van der Waals surface area contributed by atoms with E-state index in [9.17, 15) is 8.42 Å². The minimum absolute atomic E-state index is 0.203. The van der Waals surface area contributed by atoms with Crippen molar-refractivity contribution in [3.05, 3.63) is 132 Å². The summed E-state index contributed by atoms with van der Waals surface area (Å²) < 4.78 is 30.8. The molecule has 7 heteroatoms. The summed E-state index contributed by atoms with van der Waals surface area (Å²) in [7, 11) is 3.17. The molecule has 0 bridgehead atoms. The standard InChI is InChI=1S/C21H21N2O2S.C6H5.ClH.Ru/c1-16-12-14-19(15-13-16)26(24,25)23-21(18-10-6-3-7-11-18)20(22)17-8-4-2-5-9-17;1-2-4-6-5-3-1;;/h2-15,20-21H,22H2,1H3;1-5H;1H;/q-1;;;+2/p-1. The molecule has 34 heavy (non-hydrogen) atoms. The van der Waals surface area contributed by atoms with Crippen molar-refractivity contribution >= 4 is 23.9 Å². The second-order valence-corrected chi connectivity index (χ2v) is 14.5. The molecule has 4 rings (SSSR count). The van der Waals surface area contributed by atoms with E-state index in [4.69, 9.17) is 15.4 Å². The van der Waals surface area contributed by atoms with E-state index in [-0.39, 0.29) is 4.90 Å². The fourth-order valence-corrected chi connectivity index (χ4v) is 11.5. The monoisotopic (exact) mass is 579 g/mol. The molecule has 0 saturated carbocycles. The molecule has 4 nitrogen and oxygen atoms in total. The molecule has 2 unspecified atom stereocenters. The molecule has 4 aromatic carbocycles. The van der Waals surface area contributed by atoms with Gasteiger partial charge in [0.1, 0.15) is 0 Å². The third-order valence-electron chi connectivity index (χ3n) is 5.45. The Labute approximate surface area is 211 Å². The predicted octanol–water partition coefficient (Wildman–Crippen LogP) is 5.44. The number of nitrogens with two attached hydrogens (primary N) is 1. The summed E-state index contributed by atoms with van der Waals surface area (Å²) in [5, 5.41) is 0. The first-order valence-corrected chi connectivity index (χ1v) is 16.1. The van der Waals surface area contributed by atoms with Crippen molar-refractivity contribution in [1.29, 1.82) is 0 Å². The molecule has 0 heterocycles. The SMILES string of the molecule is Cc1ccc(S(=O)(=O)[N](C(c2ccccc2)C(N)c2ccccc2)[Ru]([Cl])[c]2ccccc2)cc1. The quantitative estimate of drug-likeness (QED) is 0.283. The van der Waals surface area contributed by atoms with Gasteiger partial charge in [-0.25, -0.2) is 0 Å². The van der Waals surface area contributed by atoms with Crippen LogP contribution in [0.4, 0.5) is 0 Å². The number of hydrogen-bond donors (Lipinski definition) is 1. The van der Waals surface area contributed by atoms with E-state index in [1.54, 1.807) is 24.3 Å². The summed E-state index contributed by atoms with van der Waals surface area (Å²) in [6.07, 6.45) is 0. The Morgan fingerprint density at radius 1 is 0.735 bits per heavy atom. The van der Waals surface area contributed by atoms with Crippen molar-refractivity contribution in [2.24, 2.45) is 5.73 Å². The van der Waals surface area contributed by atoms with Crippen LogP contribution in [0, 0.1) is 6.92 Å². The Morgan fingerprint density at radius 2 is 1.21 bits per heavy atom. The van der Waals surface area contributed by atoms with E-state index in [0.29, 0.717) is 0 Å². The molecule has 0 amide bonds. The zero-order valence-corrected chi connectivity index (χ0v) is 21.9. The van der Waals surface area contributed by atoms with Crippen molar-refractivity contribution in [2.75, 3.05) is 0 Å². The number of rotatable bonds is 8. The molecule has 0 aromatic heterocycles. The summed E-state index contributed by atoms with van der Waals surface area (Å²) >= 11 is -2.81. The molecule has 2 atom stereocenters. The Morgan fingerprint density at radius 3 is 1.74 bits per heavy atom. The second-order valence-electron chi connectivity index (χ2n) is 7.83. The van der Waals surface area contributed by atoms with Gasteiger partial charge in [0.2, 0.25) is 0 Å². The molecule has 0 aliphatic heterocycles. The second kappa shape index (κ2) is 10.9. The minimum atomic E-state index is -3.98. The molecular formula is C27H26ClN2O2RuS. The predicted molar refractivity (Wildman–Crippen MR) is 135 cm³/mol. The topological polar surface area (TPSA) is 63.4 Å². The fourth-order valence-electron chi connectivity index (χ4n) is 3.67. The summed E-state index contributed by atoms with van der Waals surface area (Å²) in [5.41, 5.74) is 9.46. The van der Waals surface area contributed by atoms with Crippen molar-refractivity contribution < 1.29 is 23.6 Å². The maximum atomic E-state index is 14.2. The third-order valence-corrected chi connectivity index (χ3v) is 13.7. The maximum absolute atomic E-state index is 14.2. The summed E-state index contributed by atoms with van der Waals surface area (Å²) in [4.78, 5) is 0.203. The van der Waals surface area contributed by atoms with Gasteiger partial charge in [0.15, 0.2) is 0 Å². The number of aryl methyl sites for hydroxylation is 1. The zero-order chi connectivity index (χ0) is 24.1. The molecule has 177 valence electrons. The molecule has 0 aliphatic carbocycles. The summed E-state index contributed by atoms with van der Waals surface area (Å²) in [6, 6.07) is 34.1. The number of halogens is 1. The molecule has 0 spiro atoms. The van der Waals surface area contributed by atoms with Crippen LogP contribution in [-0.4, -0.2) is 11.5 Å². The van der Waals surface area contributed by atoms with Crippen molar-refractivity contribution in [3.8, 4) is 0 Å². The molecule has 0 saturated heterocycles. The van der Waals surface area contributed by atoms with Crippen LogP contribution >= 0.6 is 9.69 Å². The first-order valence-electron chi connectivity index (χ1n) is 10.7. The van der Waals surface area contributed by atoms with Crippen molar-refractivity contribution in [3.63, 3.8) is 0 Å². The number of hydrogen-bond acceptors (Lipinski definition) is 3. The van der Waals surface area contributed by atoms with Crippen molar-refractivity contribution in [2.45, 2.75) is 23.9 Å². The van der Waals surface area contributed by atoms with Crippen molar-refractivity contribution in [1.82, 2.24) is 3.05 Å². The van der Waals surface area contributed by atoms with Gasteiger partial charge in [-0.15, -0.1) is 0 Å². The van der Waals surface area contributed by atoms with Gasteiger partial charge in [-0.05, 0) is 0 Å². The number of nitrogens with zero attached hydrogens (tertiary/aromatic N) is 1. The molecule has 2 N–H and O–H groups in total. The van der Waals surface area contributed by atoms with E-state index in [1.165, 1.54) is 3.05 Å². The van der Waals surface area contributed by atoms with E-state index < -0.39 is 37.3 Å². The van der Waals surface area contributed by atoms with Gasteiger partial charge < -0.3 is 0 Å². The van der Waals surface area contributed by atoms with Gasteiger partial charge in [-0.2, -0.15) is 0 Å². The first kappa shape index (κ1) is 24.8. The average Bonchev–Trinajstić information content (AvgIpc) is 2.88. The van der Waals surface area contributed by atoms with Crippen LogP contribution in [0.15, 0.2) is 120 Å². The number of sulfonamides is 1. The van der Waals surface area contributed by atoms with E-state index >= 15 is 0 Å². The normalized spacial score (nSPS) is 13.9. The van der Waals surface area contributed by atoms with Gasteiger partial charge in [-0.1, -0.05) is 0 Å². The van der Waals surface area contributed by atoms with Crippen LogP contribution in [-0.2, 0) is 25.2 Å². The zero-order valence-electron chi connectivity index (χ0n) is 18.6. The molecule has 4 aromatic rings. The summed E-state index contributed by atoms with van der Waals surface area (Å²) in [6.45, 7) is 1.93. The van der Waals surface area contributed by atoms with Crippen LogP contribution in [0.5, 0.6) is 0 Å². The third kappa shape index (κ3) is 5.32. The fraction of sp³-hybridized carbons (Fsp3) is 0.111. The Hall–Kier alpha value is -2.34. The van der Waals surface area contributed by atoms with Gasteiger partial charge in [-0.3, -0.25) is 0 Å². The van der Waals surface area contributed by atoms with E-state index in [1.807, 2.05) is 97.9 Å². The van der Waals surface area contributed by atoms with Crippen LogP contribution in [0.2, 0.25) is 0 Å². The van der Waals surface area contributed by atoms with E-state index in [2.05, 4.69) is 0 Å². The first-order chi connectivity index (χ1) is 16.4. The van der Waals surface area contributed by atoms with Gasteiger partial charge in [0.05, 0.1) is 0 Å². The van der Waals surface area contributed by atoms with Crippen LogP contribution in [0.3, 0.4) is 0 Å². The van der Waals surface area contributed by atoms with Gasteiger partial charge >= 0.3 is 212 Å². The van der Waals surface area contributed by atoms with Crippen LogP contribution in [0.1, 0.15) is 28.8 Å². The molecule has 0 aliphatic rings. The number of benzene rings is 4. The van der Waals surface area contributed by atoms with Crippen LogP contribution in [0.25, 0.3) is 0 Å². The average molecular weight is 579 g/mol.